The first-order valence-corrected chi connectivity index (χ1v) is 10.7. The van der Waals surface area contributed by atoms with Crippen molar-refractivity contribution < 1.29 is 14.0 Å². The quantitative estimate of drug-likeness (QED) is 0.781. The van der Waals surface area contributed by atoms with Crippen molar-refractivity contribution in [2.75, 3.05) is 37.6 Å². The molecule has 2 heterocycles. The van der Waals surface area contributed by atoms with Crippen molar-refractivity contribution >= 4 is 17.5 Å². The van der Waals surface area contributed by atoms with Crippen LogP contribution in [0.1, 0.15) is 36.9 Å². The molecule has 2 aliphatic heterocycles. The van der Waals surface area contributed by atoms with Gasteiger partial charge in [0, 0.05) is 45.3 Å². The van der Waals surface area contributed by atoms with E-state index >= 15 is 0 Å². The van der Waals surface area contributed by atoms with Crippen LogP contribution in [0.25, 0.3) is 0 Å². The summed E-state index contributed by atoms with van der Waals surface area (Å²) in [5.74, 6) is -0.141. The largest absolute Gasteiger partial charge is 0.370 e. The standard InChI is InChI=1S/C24H28FN3O2/c1-18(29)28-14-11-19-5-2-3-6-22(19)23(28)17-24(30)27-13-4-12-26(15-16-27)21-9-7-20(25)8-10-21/h2-3,5-10,23H,4,11-17H2,1H3. The number of anilines is 1. The summed E-state index contributed by atoms with van der Waals surface area (Å²) < 4.78 is 13.2. The van der Waals surface area contributed by atoms with Crippen LogP contribution < -0.4 is 4.90 Å². The summed E-state index contributed by atoms with van der Waals surface area (Å²) in [6.45, 7) is 5.12. The zero-order chi connectivity index (χ0) is 21.1. The second-order valence-corrected chi connectivity index (χ2v) is 8.08. The molecule has 0 spiro atoms. The summed E-state index contributed by atoms with van der Waals surface area (Å²) >= 11 is 0. The summed E-state index contributed by atoms with van der Waals surface area (Å²) in [4.78, 5) is 31.4. The van der Waals surface area contributed by atoms with Crippen molar-refractivity contribution in [3.63, 3.8) is 0 Å². The summed E-state index contributed by atoms with van der Waals surface area (Å²) in [6, 6.07) is 14.5. The highest BCUT2D eigenvalue weighted by molar-refractivity contribution is 5.80. The average Bonchev–Trinajstić information content (AvgIpc) is 3.01. The molecule has 4 rings (SSSR count). The molecule has 1 atom stereocenters. The number of halogens is 1. The Balaban J connectivity index is 1.45. The Bertz CT molecular complexity index is 915. The molecule has 158 valence electrons. The zero-order valence-corrected chi connectivity index (χ0v) is 17.4. The molecule has 2 aromatic rings. The highest BCUT2D eigenvalue weighted by Crippen LogP contribution is 2.33. The molecule has 0 saturated carbocycles. The first-order chi connectivity index (χ1) is 14.5. The Morgan fingerprint density at radius 3 is 2.50 bits per heavy atom. The maximum atomic E-state index is 13.2. The van der Waals surface area contributed by atoms with Gasteiger partial charge in [0.25, 0.3) is 0 Å². The minimum Gasteiger partial charge on any atom is -0.370 e. The van der Waals surface area contributed by atoms with Crippen molar-refractivity contribution in [1.29, 1.82) is 0 Å². The third-order valence-electron chi connectivity index (χ3n) is 6.23. The van der Waals surface area contributed by atoms with E-state index < -0.39 is 0 Å². The van der Waals surface area contributed by atoms with Gasteiger partial charge in [0.05, 0.1) is 12.5 Å². The third-order valence-corrected chi connectivity index (χ3v) is 6.23. The molecule has 0 aromatic heterocycles. The number of carbonyl (C=O) groups is 2. The van der Waals surface area contributed by atoms with Crippen LogP contribution in [0.3, 0.4) is 0 Å². The van der Waals surface area contributed by atoms with Gasteiger partial charge >= 0.3 is 0 Å². The number of nitrogens with zero attached hydrogens (tertiary/aromatic N) is 3. The molecular weight excluding hydrogens is 381 g/mol. The lowest BCUT2D eigenvalue weighted by Crippen LogP contribution is -2.42. The van der Waals surface area contributed by atoms with Crippen LogP contribution in [-0.4, -0.2) is 54.3 Å². The van der Waals surface area contributed by atoms with Gasteiger partial charge in [-0.25, -0.2) is 4.39 Å². The summed E-state index contributed by atoms with van der Waals surface area (Å²) in [5.41, 5.74) is 3.30. The second-order valence-electron chi connectivity index (χ2n) is 8.08. The Hall–Kier alpha value is -2.89. The molecular formula is C24H28FN3O2. The first kappa shape index (κ1) is 20.4. The monoisotopic (exact) mass is 409 g/mol. The van der Waals surface area contributed by atoms with Crippen molar-refractivity contribution in [2.24, 2.45) is 0 Å². The maximum Gasteiger partial charge on any atom is 0.225 e. The SMILES string of the molecule is CC(=O)N1CCc2ccccc2C1CC(=O)N1CCCN(c2ccc(F)cc2)CC1. The number of amides is 2. The highest BCUT2D eigenvalue weighted by atomic mass is 19.1. The molecule has 5 nitrogen and oxygen atoms in total. The van der Waals surface area contributed by atoms with Gasteiger partial charge in [-0.1, -0.05) is 24.3 Å². The number of hydrogen-bond acceptors (Lipinski definition) is 3. The molecule has 0 N–H and O–H groups in total. The van der Waals surface area contributed by atoms with E-state index in [4.69, 9.17) is 0 Å². The fourth-order valence-electron chi connectivity index (χ4n) is 4.62. The molecule has 0 aliphatic carbocycles. The lowest BCUT2D eigenvalue weighted by molar-refractivity contribution is -0.136. The molecule has 6 heteroatoms. The Kier molecular flexibility index (Phi) is 6.02. The molecule has 0 bridgehead atoms. The Labute approximate surface area is 177 Å². The second kappa shape index (κ2) is 8.86. The fourth-order valence-corrected chi connectivity index (χ4v) is 4.62. The van der Waals surface area contributed by atoms with Gasteiger partial charge in [-0.3, -0.25) is 9.59 Å². The van der Waals surface area contributed by atoms with Gasteiger partial charge in [0.15, 0.2) is 0 Å². The summed E-state index contributed by atoms with van der Waals surface area (Å²) in [5, 5.41) is 0. The van der Waals surface area contributed by atoms with Crippen LogP contribution in [0.15, 0.2) is 48.5 Å². The minimum atomic E-state index is -0.242. The van der Waals surface area contributed by atoms with Crippen LogP contribution >= 0.6 is 0 Å². The topological polar surface area (TPSA) is 43.9 Å². The van der Waals surface area contributed by atoms with Gasteiger partial charge in [-0.15, -0.1) is 0 Å². The number of carbonyl (C=O) groups excluding carboxylic acids is 2. The van der Waals surface area contributed by atoms with Gasteiger partial charge < -0.3 is 14.7 Å². The fraction of sp³-hybridized carbons (Fsp3) is 0.417. The smallest absolute Gasteiger partial charge is 0.225 e. The van der Waals surface area contributed by atoms with E-state index in [-0.39, 0.29) is 23.7 Å². The van der Waals surface area contributed by atoms with E-state index in [9.17, 15) is 14.0 Å². The van der Waals surface area contributed by atoms with Crippen molar-refractivity contribution in [2.45, 2.75) is 32.2 Å². The molecule has 2 aromatic carbocycles. The number of benzene rings is 2. The molecule has 1 saturated heterocycles. The minimum absolute atomic E-state index is 0.0145. The normalized spacial score (nSPS) is 19.3. The maximum absolute atomic E-state index is 13.2. The zero-order valence-electron chi connectivity index (χ0n) is 17.4. The number of fused-ring (bicyclic) bond motifs is 1. The Morgan fingerprint density at radius 2 is 1.73 bits per heavy atom. The summed E-state index contributed by atoms with van der Waals surface area (Å²) in [7, 11) is 0. The summed E-state index contributed by atoms with van der Waals surface area (Å²) in [6.07, 6.45) is 2.00. The van der Waals surface area contributed by atoms with Gasteiger partial charge in [-0.2, -0.15) is 0 Å². The molecule has 30 heavy (non-hydrogen) atoms. The van der Waals surface area contributed by atoms with E-state index in [0.717, 1.165) is 37.2 Å². The lowest BCUT2D eigenvalue weighted by atomic mass is 9.90. The molecule has 1 unspecified atom stereocenters. The third kappa shape index (κ3) is 4.32. The predicted octanol–water partition coefficient (Wildman–Crippen LogP) is 3.40. The molecule has 2 amide bonds. The lowest BCUT2D eigenvalue weighted by Gasteiger charge is -2.37. The van der Waals surface area contributed by atoms with Crippen molar-refractivity contribution in [3.05, 3.63) is 65.5 Å². The van der Waals surface area contributed by atoms with Crippen LogP contribution in [0.2, 0.25) is 0 Å². The van der Waals surface area contributed by atoms with Gasteiger partial charge in [-0.05, 0) is 48.2 Å². The van der Waals surface area contributed by atoms with Crippen molar-refractivity contribution in [3.8, 4) is 0 Å². The van der Waals surface area contributed by atoms with E-state index in [0.29, 0.717) is 26.1 Å². The van der Waals surface area contributed by atoms with E-state index in [2.05, 4.69) is 11.0 Å². The first-order valence-electron chi connectivity index (χ1n) is 10.7. The Morgan fingerprint density at radius 1 is 0.967 bits per heavy atom. The van der Waals surface area contributed by atoms with E-state index in [1.54, 1.807) is 19.1 Å². The average molecular weight is 410 g/mol. The molecule has 2 aliphatic rings. The van der Waals surface area contributed by atoms with Crippen molar-refractivity contribution in [1.82, 2.24) is 9.80 Å². The van der Waals surface area contributed by atoms with Gasteiger partial charge in [0.2, 0.25) is 11.8 Å². The number of rotatable bonds is 3. The van der Waals surface area contributed by atoms with Crippen LogP contribution in [0.4, 0.5) is 10.1 Å². The van der Waals surface area contributed by atoms with Crippen LogP contribution in [0, 0.1) is 5.82 Å². The molecule has 1 fully saturated rings. The highest BCUT2D eigenvalue weighted by Gasteiger charge is 2.32. The van der Waals surface area contributed by atoms with E-state index in [1.807, 2.05) is 28.0 Å². The molecule has 0 radical (unpaired) electrons. The number of hydrogen-bond donors (Lipinski definition) is 0. The van der Waals surface area contributed by atoms with Gasteiger partial charge in [0.1, 0.15) is 5.82 Å². The predicted molar refractivity (Wildman–Crippen MR) is 115 cm³/mol. The van der Waals surface area contributed by atoms with Crippen LogP contribution in [0.5, 0.6) is 0 Å². The van der Waals surface area contributed by atoms with Crippen LogP contribution in [-0.2, 0) is 16.0 Å². The van der Waals surface area contributed by atoms with E-state index in [1.165, 1.54) is 17.7 Å².